The Morgan fingerprint density at radius 3 is 2.12 bits per heavy atom. The lowest BCUT2D eigenvalue weighted by atomic mass is 9.91. The standard InChI is InChI=1S/C13H27N3O/c1-4-13(5-2,11-14)16(6-3)12(17)15-9-7-8-10-15/h4-11,14H2,1-3H3. The number of nitrogens with two attached hydrogens (primary N) is 1. The van der Waals surface area contributed by atoms with Crippen LogP contribution in [0.3, 0.4) is 0 Å². The fourth-order valence-corrected chi connectivity index (χ4v) is 2.78. The molecule has 17 heavy (non-hydrogen) atoms. The fraction of sp³-hybridized carbons (Fsp3) is 0.923. The average Bonchev–Trinajstić information content (AvgIpc) is 2.89. The van der Waals surface area contributed by atoms with Gasteiger partial charge in [-0.05, 0) is 32.6 Å². The molecule has 1 fully saturated rings. The minimum atomic E-state index is -0.158. The molecule has 4 heteroatoms. The number of likely N-dealkylation sites (tertiary alicyclic amines) is 1. The SMILES string of the molecule is CCN(C(=O)N1CCCC1)C(CC)(CC)CN. The van der Waals surface area contributed by atoms with Crippen LogP contribution in [0.15, 0.2) is 0 Å². The van der Waals surface area contributed by atoms with E-state index in [1.807, 2.05) is 16.7 Å². The number of carbonyl (C=O) groups excluding carboxylic acids is 1. The second-order valence-electron chi connectivity index (χ2n) is 4.86. The van der Waals surface area contributed by atoms with E-state index in [2.05, 4.69) is 13.8 Å². The van der Waals surface area contributed by atoms with Gasteiger partial charge in [0.1, 0.15) is 0 Å². The van der Waals surface area contributed by atoms with Crippen LogP contribution in [0.5, 0.6) is 0 Å². The molecule has 0 aromatic heterocycles. The summed E-state index contributed by atoms with van der Waals surface area (Å²) in [6, 6.07) is 0.180. The van der Waals surface area contributed by atoms with Gasteiger partial charge in [-0.15, -0.1) is 0 Å². The summed E-state index contributed by atoms with van der Waals surface area (Å²) < 4.78 is 0. The lowest BCUT2D eigenvalue weighted by Gasteiger charge is -2.43. The largest absolute Gasteiger partial charge is 0.328 e. The number of amides is 2. The minimum Gasteiger partial charge on any atom is -0.328 e. The molecular weight excluding hydrogens is 214 g/mol. The zero-order chi connectivity index (χ0) is 12.9. The molecule has 1 rings (SSSR count). The second-order valence-corrected chi connectivity index (χ2v) is 4.86. The zero-order valence-corrected chi connectivity index (χ0v) is 11.5. The molecule has 0 bridgehead atoms. The van der Waals surface area contributed by atoms with Crippen LogP contribution in [-0.4, -0.2) is 47.5 Å². The molecule has 2 amide bonds. The van der Waals surface area contributed by atoms with Crippen LogP contribution in [0.4, 0.5) is 4.79 Å². The van der Waals surface area contributed by atoms with Crippen LogP contribution in [-0.2, 0) is 0 Å². The van der Waals surface area contributed by atoms with E-state index in [1.54, 1.807) is 0 Å². The van der Waals surface area contributed by atoms with Crippen molar-refractivity contribution in [2.75, 3.05) is 26.2 Å². The van der Waals surface area contributed by atoms with Crippen molar-refractivity contribution in [3.05, 3.63) is 0 Å². The Morgan fingerprint density at radius 1 is 1.24 bits per heavy atom. The third-order valence-corrected chi connectivity index (χ3v) is 4.19. The zero-order valence-electron chi connectivity index (χ0n) is 11.5. The Hall–Kier alpha value is -0.770. The van der Waals surface area contributed by atoms with Gasteiger partial charge in [0.15, 0.2) is 0 Å². The molecule has 0 spiro atoms. The summed E-state index contributed by atoms with van der Waals surface area (Å²) in [5.74, 6) is 0. The van der Waals surface area contributed by atoms with E-state index in [0.29, 0.717) is 6.54 Å². The van der Waals surface area contributed by atoms with E-state index in [-0.39, 0.29) is 11.6 Å². The number of likely N-dealkylation sites (N-methyl/N-ethyl adjacent to an activating group) is 1. The number of hydrogen-bond donors (Lipinski definition) is 1. The number of carbonyl (C=O) groups is 1. The molecule has 0 unspecified atom stereocenters. The van der Waals surface area contributed by atoms with E-state index in [0.717, 1.165) is 45.3 Å². The van der Waals surface area contributed by atoms with Crippen molar-refractivity contribution >= 4 is 6.03 Å². The maximum Gasteiger partial charge on any atom is 0.320 e. The quantitative estimate of drug-likeness (QED) is 0.801. The van der Waals surface area contributed by atoms with E-state index in [4.69, 9.17) is 5.73 Å². The van der Waals surface area contributed by atoms with Gasteiger partial charge in [-0.1, -0.05) is 13.8 Å². The Labute approximate surface area is 105 Å². The number of hydrogen-bond acceptors (Lipinski definition) is 2. The van der Waals surface area contributed by atoms with Gasteiger partial charge in [0.05, 0.1) is 5.54 Å². The summed E-state index contributed by atoms with van der Waals surface area (Å²) in [4.78, 5) is 16.5. The molecule has 0 aromatic carbocycles. The predicted molar refractivity (Wildman–Crippen MR) is 71.0 cm³/mol. The molecule has 1 aliphatic rings. The molecule has 0 aromatic rings. The molecule has 4 nitrogen and oxygen atoms in total. The van der Waals surface area contributed by atoms with E-state index in [9.17, 15) is 4.79 Å². The summed E-state index contributed by atoms with van der Waals surface area (Å²) in [5.41, 5.74) is 5.77. The molecule has 1 aliphatic heterocycles. The Bertz CT molecular complexity index is 237. The first-order chi connectivity index (χ1) is 8.15. The van der Waals surface area contributed by atoms with E-state index >= 15 is 0 Å². The van der Waals surface area contributed by atoms with Gasteiger partial charge >= 0.3 is 6.03 Å². The van der Waals surface area contributed by atoms with Crippen molar-refractivity contribution in [1.82, 2.24) is 9.80 Å². The normalized spacial score (nSPS) is 16.4. The van der Waals surface area contributed by atoms with Crippen molar-refractivity contribution in [2.45, 2.75) is 52.0 Å². The maximum atomic E-state index is 12.5. The Balaban J connectivity index is 2.83. The molecule has 0 atom stereocenters. The van der Waals surface area contributed by atoms with Crippen molar-refractivity contribution in [1.29, 1.82) is 0 Å². The number of rotatable bonds is 5. The van der Waals surface area contributed by atoms with E-state index < -0.39 is 0 Å². The topological polar surface area (TPSA) is 49.6 Å². The minimum absolute atomic E-state index is 0.158. The van der Waals surface area contributed by atoms with Gasteiger partial charge in [0.2, 0.25) is 0 Å². The molecule has 1 heterocycles. The lowest BCUT2D eigenvalue weighted by molar-refractivity contribution is 0.0900. The number of nitrogens with zero attached hydrogens (tertiary/aromatic N) is 2. The van der Waals surface area contributed by atoms with Crippen LogP contribution in [0.25, 0.3) is 0 Å². The van der Waals surface area contributed by atoms with Crippen LogP contribution < -0.4 is 5.73 Å². The molecular formula is C13H27N3O. The predicted octanol–water partition coefficient (Wildman–Crippen LogP) is 2.04. The first kappa shape index (κ1) is 14.3. The summed E-state index contributed by atoms with van der Waals surface area (Å²) >= 11 is 0. The highest BCUT2D eigenvalue weighted by atomic mass is 16.2. The fourth-order valence-electron chi connectivity index (χ4n) is 2.78. The second kappa shape index (κ2) is 6.24. The first-order valence-electron chi connectivity index (χ1n) is 6.91. The van der Waals surface area contributed by atoms with Gasteiger partial charge in [-0.3, -0.25) is 0 Å². The molecule has 0 radical (unpaired) electrons. The van der Waals surface area contributed by atoms with Crippen molar-refractivity contribution in [3.8, 4) is 0 Å². The molecule has 0 saturated carbocycles. The van der Waals surface area contributed by atoms with Crippen LogP contribution in [0.2, 0.25) is 0 Å². The highest BCUT2D eigenvalue weighted by Gasteiger charge is 2.37. The molecule has 2 N–H and O–H groups in total. The van der Waals surface area contributed by atoms with Crippen LogP contribution >= 0.6 is 0 Å². The average molecular weight is 241 g/mol. The summed E-state index contributed by atoms with van der Waals surface area (Å²) in [6.07, 6.45) is 4.12. The third-order valence-electron chi connectivity index (χ3n) is 4.19. The summed E-state index contributed by atoms with van der Waals surface area (Å²) in [7, 11) is 0. The van der Waals surface area contributed by atoms with Crippen LogP contribution in [0, 0.1) is 0 Å². The molecule has 0 aliphatic carbocycles. The summed E-state index contributed by atoms with van der Waals surface area (Å²) in [5, 5.41) is 0. The number of urea groups is 1. The van der Waals surface area contributed by atoms with Gasteiger partial charge in [0, 0.05) is 26.2 Å². The van der Waals surface area contributed by atoms with Crippen molar-refractivity contribution < 1.29 is 4.79 Å². The maximum absolute atomic E-state index is 12.5. The smallest absolute Gasteiger partial charge is 0.320 e. The van der Waals surface area contributed by atoms with Gasteiger partial charge in [-0.25, -0.2) is 4.79 Å². The summed E-state index contributed by atoms with van der Waals surface area (Å²) in [6.45, 7) is 9.39. The molecule has 1 saturated heterocycles. The monoisotopic (exact) mass is 241 g/mol. The highest BCUT2D eigenvalue weighted by molar-refractivity contribution is 5.75. The third kappa shape index (κ3) is 2.73. The molecule has 100 valence electrons. The first-order valence-corrected chi connectivity index (χ1v) is 6.91. The lowest BCUT2D eigenvalue weighted by Crippen LogP contribution is -2.58. The highest BCUT2D eigenvalue weighted by Crippen LogP contribution is 2.25. The van der Waals surface area contributed by atoms with Gasteiger partial charge in [-0.2, -0.15) is 0 Å². The van der Waals surface area contributed by atoms with Crippen molar-refractivity contribution in [2.24, 2.45) is 5.73 Å². The van der Waals surface area contributed by atoms with E-state index in [1.165, 1.54) is 0 Å². The van der Waals surface area contributed by atoms with Crippen LogP contribution in [0.1, 0.15) is 46.5 Å². The van der Waals surface area contributed by atoms with Gasteiger partial charge < -0.3 is 15.5 Å². The Morgan fingerprint density at radius 2 is 1.76 bits per heavy atom. The van der Waals surface area contributed by atoms with Gasteiger partial charge in [0.25, 0.3) is 0 Å². The Kier molecular flexibility index (Phi) is 5.25. The van der Waals surface area contributed by atoms with Crippen molar-refractivity contribution in [3.63, 3.8) is 0 Å².